The van der Waals surface area contributed by atoms with E-state index in [1.807, 2.05) is 12.1 Å². The van der Waals surface area contributed by atoms with E-state index in [0.717, 1.165) is 12.8 Å². The number of carbonyl (C=O) groups excluding carboxylic acids is 1. The van der Waals surface area contributed by atoms with E-state index in [9.17, 15) is 14.9 Å². The van der Waals surface area contributed by atoms with Gasteiger partial charge in [-0.25, -0.2) is 4.98 Å². The van der Waals surface area contributed by atoms with Crippen molar-refractivity contribution in [1.29, 1.82) is 5.26 Å². The summed E-state index contributed by atoms with van der Waals surface area (Å²) in [5.74, 6) is -0.248. The molecule has 3 rings (SSSR count). The average molecular weight is 407 g/mol. The summed E-state index contributed by atoms with van der Waals surface area (Å²) in [5, 5.41) is 12.6. The minimum atomic E-state index is -0.498. The van der Waals surface area contributed by atoms with Crippen LogP contribution in [0.4, 0.5) is 5.69 Å². The molecule has 0 aliphatic carbocycles. The van der Waals surface area contributed by atoms with Gasteiger partial charge in [-0.2, -0.15) is 5.26 Å². The summed E-state index contributed by atoms with van der Waals surface area (Å²) in [6, 6.07) is 16.2. The van der Waals surface area contributed by atoms with Crippen LogP contribution in [0, 0.1) is 11.3 Å². The van der Waals surface area contributed by atoms with E-state index >= 15 is 0 Å². The number of nitrogens with zero attached hydrogens (tertiary/aromatic N) is 3. The van der Waals surface area contributed by atoms with Crippen molar-refractivity contribution in [1.82, 2.24) is 9.55 Å². The highest BCUT2D eigenvalue weighted by atomic mass is 32.2. The summed E-state index contributed by atoms with van der Waals surface area (Å²) < 4.78 is 1.66. The Morgan fingerprint density at radius 1 is 1.24 bits per heavy atom. The number of thioether (sulfide) groups is 1. The van der Waals surface area contributed by atoms with E-state index in [4.69, 9.17) is 0 Å². The molecule has 29 heavy (non-hydrogen) atoms. The zero-order valence-corrected chi connectivity index (χ0v) is 17.2. The van der Waals surface area contributed by atoms with E-state index < -0.39 is 5.25 Å². The molecular weight excluding hydrogens is 384 g/mol. The number of rotatable bonds is 7. The van der Waals surface area contributed by atoms with Crippen LogP contribution in [0.2, 0.25) is 0 Å². The first-order chi connectivity index (χ1) is 14.0. The van der Waals surface area contributed by atoms with Crippen molar-refractivity contribution in [3.05, 3.63) is 64.4 Å². The lowest BCUT2D eigenvalue weighted by Crippen LogP contribution is -2.27. The predicted octanol–water partition coefficient (Wildman–Crippen LogP) is 4.19. The molecule has 0 spiro atoms. The number of amides is 1. The monoisotopic (exact) mass is 406 g/mol. The first-order valence-corrected chi connectivity index (χ1v) is 10.4. The minimum Gasteiger partial charge on any atom is -0.324 e. The number of anilines is 1. The molecule has 0 saturated carbocycles. The Morgan fingerprint density at radius 2 is 1.97 bits per heavy atom. The Hall–Kier alpha value is -3.11. The standard InChI is InChI=1S/C22H22N4O2S/c1-3-4-13-26-21(28)17-10-6-8-12-19(17)25-22(26)29-15(2)20(27)24-18-11-7-5-9-16(18)14-23/h5-12,15H,3-4,13H2,1-2H3,(H,24,27)/t15-/m1/s1. The lowest BCUT2D eigenvalue weighted by molar-refractivity contribution is -0.115. The third-order valence-electron chi connectivity index (χ3n) is 4.52. The van der Waals surface area contributed by atoms with Crippen LogP contribution < -0.4 is 10.9 Å². The summed E-state index contributed by atoms with van der Waals surface area (Å²) >= 11 is 1.25. The Labute approximate surface area is 173 Å². The number of nitriles is 1. The molecule has 148 valence electrons. The SMILES string of the molecule is CCCCn1c(S[C@H](C)C(=O)Nc2ccccc2C#N)nc2ccccc2c1=O. The highest BCUT2D eigenvalue weighted by molar-refractivity contribution is 8.00. The maximum absolute atomic E-state index is 13.0. The molecule has 6 nitrogen and oxygen atoms in total. The molecule has 7 heteroatoms. The van der Waals surface area contributed by atoms with Crippen molar-refractivity contribution in [2.24, 2.45) is 0 Å². The summed E-state index contributed by atoms with van der Waals surface area (Å²) in [4.78, 5) is 30.3. The largest absolute Gasteiger partial charge is 0.324 e. The smallest absolute Gasteiger partial charge is 0.262 e. The van der Waals surface area contributed by atoms with Crippen LogP contribution in [-0.4, -0.2) is 20.7 Å². The van der Waals surface area contributed by atoms with Gasteiger partial charge in [0.15, 0.2) is 5.16 Å². The zero-order chi connectivity index (χ0) is 20.8. The topological polar surface area (TPSA) is 87.8 Å². The molecule has 3 aromatic rings. The first kappa shape index (κ1) is 20.6. The fourth-order valence-corrected chi connectivity index (χ4v) is 3.82. The van der Waals surface area contributed by atoms with Gasteiger partial charge in [0.1, 0.15) is 6.07 Å². The van der Waals surface area contributed by atoms with E-state index in [0.29, 0.717) is 33.9 Å². The maximum Gasteiger partial charge on any atom is 0.262 e. The van der Waals surface area contributed by atoms with Crippen molar-refractivity contribution in [2.75, 3.05) is 5.32 Å². The molecule has 1 heterocycles. The Morgan fingerprint density at radius 3 is 2.72 bits per heavy atom. The Kier molecular flexibility index (Phi) is 6.68. The average Bonchev–Trinajstić information content (AvgIpc) is 2.74. The molecule has 2 aromatic carbocycles. The van der Waals surface area contributed by atoms with Gasteiger partial charge in [-0.05, 0) is 37.6 Å². The minimum absolute atomic E-state index is 0.0889. The zero-order valence-electron chi connectivity index (χ0n) is 16.4. The number of benzene rings is 2. The number of para-hydroxylation sites is 2. The Bertz CT molecular complexity index is 1130. The number of aromatic nitrogens is 2. The number of nitrogens with one attached hydrogen (secondary N) is 1. The van der Waals surface area contributed by atoms with Crippen molar-refractivity contribution in [2.45, 2.75) is 43.6 Å². The second kappa shape index (κ2) is 9.39. The van der Waals surface area contributed by atoms with Crippen LogP contribution in [-0.2, 0) is 11.3 Å². The molecule has 0 fully saturated rings. The fourth-order valence-electron chi connectivity index (χ4n) is 2.89. The molecular formula is C22H22N4O2S. The quantitative estimate of drug-likeness (QED) is 0.470. The van der Waals surface area contributed by atoms with E-state index in [-0.39, 0.29) is 11.5 Å². The van der Waals surface area contributed by atoms with Gasteiger partial charge in [0.25, 0.3) is 5.56 Å². The predicted molar refractivity (Wildman–Crippen MR) is 116 cm³/mol. The van der Waals surface area contributed by atoms with Gasteiger partial charge in [0, 0.05) is 6.54 Å². The molecule has 0 saturated heterocycles. The number of unbranched alkanes of at least 4 members (excludes halogenated alkanes) is 1. The molecule has 0 aliphatic heterocycles. The van der Waals surface area contributed by atoms with E-state index in [2.05, 4.69) is 23.3 Å². The normalized spacial score (nSPS) is 11.8. The molecule has 1 amide bonds. The molecule has 1 aromatic heterocycles. The van der Waals surface area contributed by atoms with Crippen LogP contribution in [0.15, 0.2) is 58.5 Å². The lowest BCUT2D eigenvalue weighted by Gasteiger charge is -2.16. The molecule has 0 bridgehead atoms. The number of hydrogen-bond donors (Lipinski definition) is 1. The molecule has 0 aliphatic rings. The molecule has 1 N–H and O–H groups in total. The van der Waals surface area contributed by atoms with Crippen molar-refractivity contribution in [3.63, 3.8) is 0 Å². The van der Waals surface area contributed by atoms with Gasteiger partial charge in [-0.3, -0.25) is 14.2 Å². The van der Waals surface area contributed by atoms with Crippen molar-refractivity contribution < 1.29 is 4.79 Å². The van der Waals surface area contributed by atoms with Gasteiger partial charge in [0.05, 0.1) is 27.4 Å². The summed E-state index contributed by atoms with van der Waals surface area (Å²) in [6.07, 6.45) is 1.80. The third kappa shape index (κ3) is 4.66. The highest BCUT2D eigenvalue weighted by Crippen LogP contribution is 2.24. The summed E-state index contributed by atoms with van der Waals surface area (Å²) in [7, 11) is 0. The first-order valence-electron chi connectivity index (χ1n) is 9.51. The molecule has 0 radical (unpaired) electrons. The van der Waals surface area contributed by atoms with Gasteiger partial charge in [-0.1, -0.05) is 49.4 Å². The van der Waals surface area contributed by atoms with E-state index in [1.54, 1.807) is 47.9 Å². The second-order valence-corrected chi connectivity index (χ2v) is 7.94. The lowest BCUT2D eigenvalue weighted by atomic mass is 10.2. The number of hydrogen-bond acceptors (Lipinski definition) is 5. The van der Waals surface area contributed by atoms with Gasteiger partial charge in [0.2, 0.25) is 5.91 Å². The molecule has 1 atom stereocenters. The van der Waals surface area contributed by atoms with Crippen LogP contribution in [0.5, 0.6) is 0 Å². The third-order valence-corrected chi connectivity index (χ3v) is 5.61. The second-order valence-electron chi connectivity index (χ2n) is 6.63. The van der Waals surface area contributed by atoms with Crippen molar-refractivity contribution in [3.8, 4) is 6.07 Å². The van der Waals surface area contributed by atoms with Crippen LogP contribution in [0.3, 0.4) is 0 Å². The van der Waals surface area contributed by atoms with E-state index in [1.165, 1.54) is 11.8 Å². The maximum atomic E-state index is 13.0. The summed E-state index contributed by atoms with van der Waals surface area (Å²) in [5.41, 5.74) is 1.41. The molecule has 0 unspecified atom stereocenters. The Balaban J connectivity index is 1.89. The van der Waals surface area contributed by atoms with Crippen molar-refractivity contribution >= 4 is 34.3 Å². The van der Waals surface area contributed by atoms with Crippen LogP contribution >= 0.6 is 11.8 Å². The van der Waals surface area contributed by atoms with Gasteiger partial charge < -0.3 is 5.32 Å². The highest BCUT2D eigenvalue weighted by Gasteiger charge is 2.20. The van der Waals surface area contributed by atoms with Crippen LogP contribution in [0.25, 0.3) is 10.9 Å². The summed E-state index contributed by atoms with van der Waals surface area (Å²) in [6.45, 7) is 4.39. The number of fused-ring (bicyclic) bond motifs is 1. The van der Waals surface area contributed by atoms with Gasteiger partial charge >= 0.3 is 0 Å². The van der Waals surface area contributed by atoms with Crippen LogP contribution in [0.1, 0.15) is 32.3 Å². The van der Waals surface area contributed by atoms with Gasteiger partial charge in [-0.15, -0.1) is 0 Å². The fraction of sp³-hybridized carbons (Fsp3) is 0.273. The number of carbonyl (C=O) groups is 1.